The highest BCUT2D eigenvalue weighted by Crippen LogP contribution is 2.20. The molecule has 20 heavy (non-hydrogen) atoms. The van der Waals surface area contributed by atoms with Gasteiger partial charge in [0.05, 0.1) is 12.5 Å². The van der Waals surface area contributed by atoms with E-state index >= 15 is 0 Å². The van der Waals surface area contributed by atoms with Crippen molar-refractivity contribution in [3.8, 4) is 17.6 Å². The number of hydrogen-bond acceptors (Lipinski definition) is 4. The molecule has 0 radical (unpaired) electrons. The van der Waals surface area contributed by atoms with Gasteiger partial charge in [-0.2, -0.15) is 5.26 Å². The van der Waals surface area contributed by atoms with Gasteiger partial charge in [-0.3, -0.25) is 0 Å². The van der Waals surface area contributed by atoms with E-state index in [9.17, 15) is 0 Å². The summed E-state index contributed by atoms with van der Waals surface area (Å²) in [4.78, 5) is 0. The number of hydrogen-bond donors (Lipinski definition) is 1. The van der Waals surface area contributed by atoms with Crippen LogP contribution in [-0.2, 0) is 6.42 Å². The monoisotopic (exact) mass is 268 g/mol. The number of nitrogen functional groups attached to an aromatic ring is 1. The first-order valence-electron chi connectivity index (χ1n) is 6.35. The summed E-state index contributed by atoms with van der Waals surface area (Å²) in [5.74, 6) is 1.51. The number of nitrogens with zero attached hydrogens (tertiary/aromatic N) is 1. The predicted octanol–water partition coefficient (Wildman–Crippen LogP) is 2.79. The lowest BCUT2D eigenvalue weighted by Crippen LogP contribution is -2.09. The van der Waals surface area contributed by atoms with Crippen LogP contribution in [0.5, 0.6) is 11.5 Å². The Bertz CT molecular complexity index is 591. The second kappa shape index (κ2) is 7.05. The lowest BCUT2D eigenvalue weighted by atomic mass is 10.1. The molecule has 2 aromatic rings. The number of rotatable bonds is 6. The summed E-state index contributed by atoms with van der Waals surface area (Å²) in [6, 6.07) is 17.0. The number of nitriles is 1. The lowest BCUT2D eigenvalue weighted by Gasteiger charge is -2.10. The minimum Gasteiger partial charge on any atom is -0.490 e. The molecule has 4 heteroatoms. The van der Waals surface area contributed by atoms with E-state index < -0.39 is 0 Å². The largest absolute Gasteiger partial charge is 0.490 e. The van der Waals surface area contributed by atoms with Gasteiger partial charge in [0.15, 0.2) is 0 Å². The van der Waals surface area contributed by atoms with E-state index in [1.165, 1.54) is 0 Å². The number of benzene rings is 2. The molecule has 2 N–H and O–H groups in total. The van der Waals surface area contributed by atoms with Crippen molar-refractivity contribution in [3.05, 3.63) is 54.1 Å². The molecule has 0 atom stereocenters. The maximum atomic E-state index is 8.71. The molecule has 0 fully saturated rings. The fraction of sp³-hybridized carbons (Fsp3) is 0.188. The fourth-order valence-corrected chi connectivity index (χ4v) is 1.75. The first kappa shape index (κ1) is 13.8. The van der Waals surface area contributed by atoms with Gasteiger partial charge >= 0.3 is 0 Å². The number of nitrogens with two attached hydrogens (primary N) is 1. The highest BCUT2D eigenvalue weighted by molar-refractivity contribution is 5.51. The zero-order chi connectivity index (χ0) is 14.2. The van der Waals surface area contributed by atoms with Gasteiger partial charge < -0.3 is 15.2 Å². The molecule has 2 rings (SSSR count). The summed E-state index contributed by atoms with van der Waals surface area (Å²) in [6.07, 6.45) is 0.281. The molecule has 0 saturated heterocycles. The van der Waals surface area contributed by atoms with Gasteiger partial charge in [-0.15, -0.1) is 0 Å². The van der Waals surface area contributed by atoms with Crippen molar-refractivity contribution in [1.29, 1.82) is 5.26 Å². The number of ether oxygens (including phenoxy) is 2. The Balaban J connectivity index is 1.82. The van der Waals surface area contributed by atoms with Crippen LogP contribution in [0.4, 0.5) is 5.69 Å². The van der Waals surface area contributed by atoms with Crippen molar-refractivity contribution in [1.82, 2.24) is 0 Å². The SMILES string of the molecule is N#CCc1cc(OCCOc2ccccc2)ccc1N. The average molecular weight is 268 g/mol. The van der Waals surface area contributed by atoms with Crippen molar-refractivity contribution >= 4 is 5.69 Å². The minimum absolute atomic E-state index is 0.281. The zero-order valence-corrected chi connectivity index (χ0v) is 11.1. The normalized spacial score (nSPS) is 9.75. The molecule has 0 unspecified atom stereocenters. The number of para-hydroxylation sites is 1. The topological polar surface area (TPSA) is 68.3 Å². The van der Waals surface area contributed by atoms with E-state index in [2.05, 4.69) is 6.07 Å². The molecule has 0 bridgehead atoms. The van der Waals surface area contributed by atoms with Gasteiger partial charge in [-0.05, 0) is 35.9 Å². The summed E-state index contributed by atoms with van der Waals surface area (Å²) < 4.78 is 11.1. The van der Waals surface area contributed by atoms with Crippen LogP contribution in [0.3, 0.4) is 0 Å². The van der Waals surface area contributed by atoms with Crippen molar-refractivity contribution < 1.29 is 9.47 Å². The van der Waals surface area contributed by atoms with Gasteiger partial charge in [-0.25, -0.2) is 0 Å². The maximum absolute atomic E-state index is 8.71. The lowest BCUT2D eigenvalue weighted by molar-refractivity contribution is 0.217. The highest BCUT2D eigenvalue weighted by atomic mass is 16.5. The molecular weight excluding hydrogens is 252 g/mol. The van der Waals surface area contributed by atoms with E-state index in [1.54, 1.807) is 18.2 Å². The van der Waals surface area contributed by atoms with Crippen LogP contribution in [0, 0.1) is 11.3 Å². The molecule has 4 nitrogen and oxygen atoms in total. The standard InChI is InChI=1S/C16H16N2O2/c17-9-8-13-12-15(6-7-16(13)18)20-11-10-19-14-4-2-1-3-5-14/h1-7,12H,8,10-11,18H2. The van der Waals surface area contributed by atoms with Crippen LogP contribution in [0.15, 0.2) is 48.5 Å². The Kier molecular flexibility index (Phi) is 4.85. The molecule has 0 aliphatic rings. The molecule has 0 heterocycles. The predicted molar refractivity (Wildman–Crippen MR) is 77.6 cm³/mol. The molecule has 0 spiro atoms. The Morgan fingerprint density at radius 1 is 0.950 bits per heavy atom. The third-order valence-electron chi connectivity index (χ3n) is 2.75. The summed E-state index contributed by atoms with van der Waals surface area (Å²) in [7, 11) is 0. The van der Waals surface area contributed by atoms with Gasteiger partial charge in [0.25, 0.3) is 0 Å². The summed E-state index contributed by atoms with van der Waals surface area (Å²) in [5.41, 5.74) is 7.17. The van der Waals surface area contributed by atoms with Crippen LogP contribution >= 0.6 is 0 Å². The molecule has 0 amide bonds. The number of anilines is 1. The minimum atomic E-state index is 0.281. The van der Waals surface area contributed by atoms with Crippen molar-refractivity contribution in [2.45, 2.75) is 6.42 Å². The molecule has 0 aliphatic carbocycles. The van der Waals surface area contributed by atoms with Gasteiger partial charge in [0, 0.05) is 5.69 Å². The smallest absolute Gasteiger partial charge is 0.122 e. The third-order valence-corrected chi connectivity index (χ3v) is 2.75. The molecule has 102 valence electrons. The molecule has 0 aromatic heterocycles. The van der Waals surface area contributed by atoms with Crippen molar-refractivity contribution in [2.24, 2.45) is 0 Å². The van der Waals surface area contributed by atoms with E-state index in [-0.39, 0.29) is 6.42 Å². The van der Waals surface area contributed by atoms with Crippen molar-refractivity contribution in [3.63, 3.8) is 0 Å². The molecule has 0 aliphatic heterocycles. The van der Waals surface area contributed by atoms with Crippen molar-refractivity contribution in [2.75, 3.05) is 18.9 Å². The first-order chi connectivity index (χ1) is 9.79. The summed E-state index contributed by atoms with van der Waals surface area (Å²) in [6.45, 7) is 0.896. The summed E-state index contributed by atoms with van der Waals surface area (Å²) in [5, 5.41) is 8.71. The van der Waals surface area contributed by atoms with Gasteiger partial charge in [0.1, 0.15) is 24.7 Å². The van der Waals surface area contributed by atoms with Crippen LogP contribution in [0.25, 0.3) is 0 Å². The average Bonchev–Trinajstić information content (AvgIpc) is 2.48. The fourth-order valence-electron chi connectivity index (χ4n) is 1.75. The van der Waals surface area contributed by atoms with Crippen LogP contribution in [0.2, 0.25) is 0 Å². The molecular formula is C16H16N2O2. The second-order valence-electron chi connectivity index (χ2n) is 4.21. The van der Waals surface area contributed by atoms with E-state index in [4.69, 9.17) is 20.5 Å². The van der Waals surface area contributed by atoms with Gasteiger partial charge in [0.2, 0.25) is 0 Å². The Labute approximate surface area is 118 Å². The molecule has 0 saturated carbocycles. The highest BCUT2D eigenvalue weighted by Gasteiger charge is 2.02. The van der Waals surface area contributed by atoms with Crippen LogP contribution in [0.1, 0.15) is 5.56 Å². The Morgan fingerprint density at radius 2 is 1.65 bits per heavy atom. The third kappa shape index (κ3) is 3.92. The second-order valence-corrected chi connectivity index (χ2v) is 4.21. The molecule has 2 aromatic carbocycles. The van der Waals surface area contributed by atoms with Crippen LogP contribution in [-0.4, -0.2) is 13.2 Å². The van der Waals surface area contributed by atoms with E-state index in [0.29, 0.717) is 24.7 Å². The quantitative estimate of drug-likeness (QED) is 0.646. The van der Waals surface area contributed by atoms with Gasteiger partial charge in [-0.1, -0.05) is 18.2 Å². The van der Waals surface area contributed by atoms with E-state index in [1.807, 2.05) is 30.3 Å². The summed E-state index contributed by atoms with van der Waals surface area (Å²) >= 11 is 0. The Hall–Kier alpha value is -2.67. The first-order valence-corrected chi connectivity index (χ1v) is 6.35. The zero-order valence-electron chi connectivity index (χ0n) is 11.1. The van der Waals surface area contributed by atoms with E-state index in [0.717, 1.165) is 11.3 Å². The van der Waals surface area contributed by atoms with Crippen LogP contribution < -0.4 is 15.2 Å². The maximum Gasteiger partial charge on any atom is 0.122 e. The Morgan fingerprint density at radius 3 is 2.35 bits per heavy atom.